The molecule has 0 saturated heterocycles. The first-order chi connectivity index (χ1) is 6.59. The first kappa shape index (κ1) is 8.62. The van der Waals surface area contributed by atoms with Crippen molar-refractivity contribution >= 4 is 16.7 Å². The van der Waals surface area contributed by atoms with Gasteiger partial charge in [0.1, 0.15) is 11.3 Å². The molecule has 0 radical (unpaired) electrons. The zero-order valence-corrected chi connectivity index (χ0v) is 7.57. The van der Waals surface area contributed by atoms with Crippen molar-refractivity contribution in [3.8, 4) is 5.75 Å². The van der Waals surface area contributed by atoms with Gasteiger partial charge in [0.15, 0.2) is 0 Å². The summed E-state index contributed by atoms with van der Waals surface area (Å²) in [6.45, 7) is 1.75. The molecule has 4 nitrogen and oxygen atoms in total. The number of hydrogen-bond donors (Lipinski definition) is 2. The highest BCUT2D eigenvalue weighted by molar-refractivity contribution is 5.94. The Hall–Kier alpha value is -1.97. The molecule has 0 saturated carbocycles. The normalized spacial score (nSPS) is 10.6. The van der Waals surface area contributed by atoms with E-state index in [2.05, 4.69) is 0 Å². The number of anilines is 1. The van der Waals surface area contributed by atoms with Crippen molar-refractivity contribution in [1.82, 2.24) is 0 Å². The van der Waals surface area contributed by atoms with Crippen molar-refractivity contribution in [2.75, 3.05) is 5.73 Å². The number of hydrogen-bond acceptors (Lipinski definition) is 4. The number of aryl methyl sites for hydroxylation is 1. The van der Waals surface area contributed by atoms with Crippen LogP contribution in [-0.4, -0.2) is 5.11 Å². The minimum absolute atomic E-state index is 0.00514. The first-order valence-electron chi connectivity index (χ1n) is 4.11. The summed E-state index contributed by atoms with van der Waals surface area (Å²) in [6.07, 6.45) is 0. The Bertz CT molecular complexity index is 557. The maximum Gasteiger partial charge on any atom is 0.336 e. The molecule has 0 bridgehead atoms. The number of fused-ring (bicyclic) bond motifs is 1. The van der Waals surface area contributed by atoms with Crippen LogP contribution in [0.5, 0.6) is 5.75 Å². The second kappa shape index (κ2) is 2.77. The molecule has 0 aliphatic heterocycles. The van der Waals surface area contributed by atoms with E-state index in [4.69, 9.17) is 10.2 Å². The molecule has 14 heavy (non-hydrogen) atoms. The van der Waals surface area contributed by atoms with Crippen LogP contribution in [-0.2, 0) is 0 Å². The van der Waals surface area contributed by atoms with E-state index in [-0.39, 0.29) is 11.4 Å². The van der Waals surface area contributed by atoms with Crippen LogP contribution in [0.15, 0.2) is 27.4 Å². The van der Waals surface area contributed by atoms with Crippen LogP contribution in [0.2, 0.25) is 0 Å². The SMILES string of the molecule is Cc1cc(=O)oc2ccc(O)c(N)c12. The summed E-state index contributed by atoms with van der Waals surface area (Å²) in [5.74, 6) is -0.00514. The third-order valence-electron chi connectivity index (χ3n) is 2.12. The smallest absolute Gasteiger partial charge is 0.336 e. The Morgan fingerprint density at radius 2 is 2.14 bits per heavy atom. The van der Waals surface area contributed by atoms with E-state index in [1.807, 2.05) is 0 Å². The van der Waals surface area contributed by atoms with Gasteiger partial charge in [0, 0.05) is 11.5 Å². The van der Waals surface area contributed by atoms with Gasteiger partial charge in [-0.1, -0.05) is 0 Å². The lowest BCUT2D eigenvalue weighted by Gasteiger charge is -2.05. The topological polar surface area (TPSA) is 76.5 Å². The predicted molar refractivity (Wildman–Crippen MR) is 53.3 cm³/mol. The van der Waals surface area contributed by atoms with Crippen LogP contribution in [0.25, 0.3) is 11.0 Å². The Balaban J connectivity index is 3.03. The van der Waals surface area contributed by atoms with Gasteiger partial charge in [-0.05, 0) is 24.6 Å². The van der Waals surface area contributed by atoms with Gasteiger partial charge in [0.25, 0.3) is 0 Å². The number of nitrogens with two attached hydrogens (primary N) is 1. The fourth-order valence-corrected chi connectivity index (χ4v) is 1.47. The first-order valence-corrected chi connectivity index (χ1v) is 4.11. The van der Waals surface area contributed by atoms with Gasteiger partial charge in [-0.25, -0.2) is 4.79 Å². The molecule has 0 atom stereocenters. The van der Waals surface area contributed by atoms with Gasteiger partial charge < -0.3 is 15.3 Å². The van der Waals surface area contributed by atoms with Crippen molar-refractivity contribution < 1.29 is 9.52 Å². The molecule has 0 spiro atoms. The number of rotatable bonds is 0. The summed E-state index contributed by atoms with van der Waals surface area (Å²) in [5.41, 5.74) is 6.57. The Morgan fingerprint density at radius 1 is 1.43 bits per heavy atom. The van der Waals surface area contributed by atoms with Gasteiger partial charge in [-0.3, -0.25) is 0 Å². The summed E-state index contributed by atoms with van der Waals surface area (Å²) >= 11 is 0. The van der Waals surface area contributed by atoms with E-state index >= 15 is 0 Å². The lowest BCUT2D eigenvalue weighted by molar-refractivity contribution is 0.477. The average molecular weight is 191 g/mol. The van der Waals surface area contributed by atoms with Crippen LogP contribution >= 0.6 is 0 Å². The molecule has 0 amide bonds. The summed E-state index contributed by atoms with van der Waals surface area (Å²) in [7, 11) is 0. The van der Waals surface area contributed by atoms with Crippen LogP contribution in [0.3, 0.4) is 0 Å². The minimum atomic E-state index is -0.417. The fourth-order valence-electron chi connectivity index (χ4n) is 1.47. The maximum atomic E-state index is 11.0. The third-order valence-corrected chi connectivity index (χ3v) is 2.12. The highest BCUT2D eigenvalue weighted by Gasteiger charge is 2.08. The van der Waals surface area contributed by atoms with Crippen molar-refractivity contribution in [2.45, 2.75) is 6.92 Å². The van der Waals surface area contributed by atoms with Crippen molar-refractivity contribution in [3.63, 3.8) is 0 Å². The zero-order chi connectivity index (χ0) is 10.3. The van der Waals surface area contributed by atoms with E-state index in [0.717, 1.165) is 0 Å². The number of nitrogen functional groups attached to an aromatic ring is 1. The highest BCUT2D eigenvalue weighted by atomic mass is 16.4. The van der Waals surface area contributed by atoms with Crippen LogP contribution < -0.4 is 11.4 Å². The van der Waals surface area contributed by atoms with Gasteiger partial charge in [0.2, 0.25) is 0 Å². The fraction of sp³-hybridized carbons (Fsp3) is 0.100. The van der Waals surface area contributed by atoms with Crippen molar-refractivity contribution in [1.29, 1.82) is 0 Å². The summed E-state index contributed by atoms with van der Waals surface area (Å²) in [5, 5.41) is 9.95. The molecule has 1 heterocycles. The third kappa shape index (κ3) is 1.12. The van der Waals surface area contributed by atoms with E-state index in [9.17, 15) is 9.90 Å². The second-order valence-electron chi connectivity index (χ2n) is 3.12. The van der Waals surface area contributed by atoms with Crippen LogP contribution in [0, 0.1) is 6.92 Å². The molecule has 3 N–H and O–H groups in total. The molecule has 4 heteroatoms. The van der Waals surface area contributed by atoms with Gasteiger partial charge in [-0.15, -0.1) is 0 Å². The Kier molecular flexibility index (Phi) is 1.70. The van der Waals surface area contributed by atoms with E-state index in [1.165, 1.54) is 18.2 Å². The monoisotopic (exact) mass is 191 g/mol. The molecule has 2 aromatic rings. The number of phenols is 1. The number of benzene rings is 1. The molecule has 72 valence electrons. The number of phenolic OH excluding ortho intramolecular Hbond substituents is 1. The van der Waals surface area contributed by atoms with Gasteiger partial charge in [0.05, 0.1) is 5.69 Å². The second-order valence-corrected chi connectivity index (χ2v) is 3.12. The van der Waals surface area contributed by atoms with E-state index in [1.54, 1.807) is 6.92 Å². The maximum absolute atomic E-state index is 11.0. The van der Waals surface area contributed by atoms with Crippen molar-refractivity contribution in [2.24, 2.45) is 0 Å². The predicted octanol–water partition coefficient (Wildman–Crippen LogP) is 1.39. The van der Waals surface area contributed by atoms with Crippen molar-refractivity contribution in [3.05, 3.63) is 34.2 Å². The summed E-state index contributed by atoms with van der Waals surface area (Å²) < 4.78 is 4.93. The van der Waals surface area contributed by atoms with E-state index < -0.39 is 5.63 Å². The summed E-state index contributed by atoms with van der Waals surface area (Å²) in [6, 6.07) is 4.27. The van der Waals surface area contributed by atoms with Crippen LogP contribution in [0.1, 0.15) is 5.56 Å². The van der Waals surface area contributed by atoms with Crippen LogP contribution in [0.4, 0.5) is 5.69 Å². The lowest BCUT2D eigenvalue weighted by Crippen LogP contribution is -1.99. The molecule has 1 aromatic carbocycles. The molecule has 0 aliphatic rings. The standard InChI is InChI=1S/C10H9NO3/c1-5-4-8(13)14-7-3-2-6(12)10(11)9(5)7/h2-4,12H,11H2,1H3. The van der Waals surface area contributed by atoms with Gasteiger partial charge >= 0.3 is 5.63 Å². The number of aromatic hydroxyl groups is 1. The Labute approximate surface area is 79.6 Å². The molecular formula is C10H9NO3. The minimum Gasteiger partial charge on any atom is -0.506 e. The lowest BCUT2D eigenvalue weighted by atomic mass is 10.1. The van der Waals surface area contributed by atoms with Gasteiger partial charge in [-0.2, -0.15) is 0 Å². The quantitative estimate of drug-likeness (QED) is 0.375. The largest absolute Gasteiger partial charge is 0.506 e. The zero-order valence-electron chi connectivity index (χ0n) is 7.57. The van der Waals surface area contributed by atoms with E-state index in [0.29, 0.717) is 16.5 Å². The molecule has 2 rings (SSSR count). The molecule has 0 unspecified atom stereocenters. The molecule has 0 aliphatic carbocycles. The highest BCUT2D eigenvalue weighted by Crippen LogP contribution is 2.30. The molecular weight excluding hydrogens is 182 g/mol. The Morgan fingerprint density at radius 3 is 2.86 bits per heavy atom. The average Bonchev–Trinajstić information content (AvgIpc) is 2.10. The molecule has 1 aromatic heterocycles. The summed E-state index contributed by atoms with van der Waals surface area (Å²) in [4.78, 5) is 11.0. The molecule has 0 fully saturated rings.